The molecule has 2 fully saturated rings. The summed E-state index contributed by atoms with van der Waals surface area (Å²) in [6, 6.07) is 10.1. The van der Waals surface area contributed by atoms with Gasteiger partial charge in [-0.3, -0.25) is 4.79 Å². The van der Waals surface area contributed by atoms with E-state index < -0.39 is 6.10 Å². The molecule has 0 spiro atoms. The summed E-state index contributed by atoms with van der Waals surface area (Å²) in [7, 11) is 0. The molecule has 1 heterocycles. The first-order valence-electron chi connectivity index (χ1n) is 10.8. The Kier molecular flexibility index (Phi) is 8.92. The Balaban J connectivity index is 1.51. The van der Waals surface area contributed by atoms with Gasteiger partial charge in [-0.05, 0) is 49.5 Å². The Hall–Kier alpha value is -1.47. The molecule has 0 bridgehead atoms. The van der Waals surface area contributed by atoms with Gasteiger partial charge in [0, 0.05) is 26.1 Å². The lowest BCUT2D eigenvalue weighted by Gasteiger charge is -2.29. The second-order valence-corrected chi connectivity index (χ2v) is 8.15. The maximum absolute atomic E-state index is 11.3. The van der Waals surface area contributed by atoms with E-state index in [-0.39, 0.29) is 30.0 Å². The second kappa shape index (κ2) is 11.6. The maximum atomic E-state index is 11.3. The van der Waals surface area contributed by atoms with Crippen molar-refractivity contribution < 1.29 is 28.8 Å². The van der Waals surface area contributed by atoms with Gasteiger partial charge in [0.2, 0.25) is 0 Å². The van der Waals surface area contributed by atoms with Gasteiger partial charge in [0.25, 0.3) is 0 Å². The molecule has 1 aromatic rings. The fourth-order valence-corrected chi connectivity index (χ4v) is 4.42. The molecule has 0 aromatic heterocycles. The number of carbonyl (C=O) groups excluding carboxylic acids is 1. The van der Waals surface area contributed by atoms with E-state index in [1.807, 2.05) is 30.3 Å². The summed E-state index contributed by atoms with van der Waals surface area (Å²) in [6.07, 6.45) is 3.89. The molecule has 29 heavy (non-hydrogen) atoms. The Morgan fingerprint density at radius 3 is 2.72 bits per heavy atom. The molecule has 1 aromatic carbocycles. The van der Waals surface area contributed by atoms with Gasteiger partial charge in [-0.25, -0.2) is 0 Å². The van der Waals surface area contributed by atoms with Crippen molar-refractivity contribution in [1.29, 1.82) is 0 Å². The molecule has 6 nitrogen and oxygen atoms in total. The average Bonchev–Trinajstić information content (AvgIpc) is 3.04. The highest BCUT2D eigenvalue weighted by atomic mass is 16.7. The number of esters is 1. The third-order valence-electron chi connectivity index (χ3n) is 6.01. The molecule has 162 valence electrons. The fourth-order valence-electron chi connectivity index (χ4n) is 4.42. The predicted octanol–water partition coefficient (Wildman–Crippen LogP) is 3.31. The highest BCUT2D eigenvalue weighted by Crippen LogP contribution is 2.40. The minimum absolute atomic E-state index is 0.0647. The van der Waals surface area contributed by atoms with Crippen LogP contribution >= 0.6 is 0 Å². The molecular weight excluding hydrogens is 372 g/mol. The summed E-state index contributed by atoms with van der Waals surface area (Å²) in [5.74, 6) is -0.00819. The Morgan fingerprint density at radius 2 is 2.00 bits per heavy atom. The third kappa shape index (κ3) is 7.07. The van der Waals surface area contributed by atoms with Gasteiger partial charge in [0.15, 0.2) is 6.29 Å². The van der Waals surface area contributed by atoms with Gasteiger partial charge in [0.1, 0.15) is 0 Å². The van der Waals surface area contributed by atoms with Crippen molar-refractivity contribution in [1.82, 2.24) is 0 Å². The standard InChI is InChI=1S/C23H34O6/c1-17(24)28-15-19-13-22(25)20(10-12-26-14-18-7-3-2-4-8-18)21(19)16-29-23-9-5-6-11-27-23/h2-4,7-8,19-23,25H,5-6,9-16H2,1H3/t19-,20+,21-,22?,23?/m1/s1. The molecule has 0 radical (unpaired) electrons. The Labute approximate surface area is 173 Å². The number of aliphatic hydroxyl groups excluding tert-OH is 1. The molecule has 1 N–H and O–H groups in total. The van der Waals surface area contributed by atoms with E-state index in [0.717, 1.165) is 37.9 Å². The minimum Gasteiger partial charge on any atom is -0.466 e. The van der Waals surface area contributed by atoms with Crippen molar-refractivity contribution in [3.05, 3.63) is 35.9 Å². The molecular formula is C23H34O6. The van der Waals surface area contributed by atoms with E-state index in [2.05, 4.69) is 0 Å². The van der Waals surface area contributed by atoms with Gasteiger partial charge in [-0.15, -0.1) is 0 Å². The lowest BCUT2D eigenvalue weighted by molar-refractivity contribution is -0.175. The number of rotatable bonds is 10. The second-order valence-electron chi connectivity index (χ2n) is 8.15. The molecule has 6 heteroatoms. The molecule has 5 atom stereocenters. The fraction of sp³-hybridized carbons (Fsp3) is 0.696. The Morgan fingerprint density at radius 1 is 1.17 bits per heavy atom. The summed E-state index contributed by atoms with van der Waals surface area (Å²) >= 11 is 0. The average molecular weight is 407 g/mol. The monoisotopic (exact) mass is 406 g/mol. The van der Waals surface area contributed by atoms with Gasteiger partial charge in [-0.2, -0.15) is 0 Å². The van der Waals surface area contributed by atoms with Crippen molar-refractivity contribution in [3.8, 4) is 0 Å². The zero-order chi connectivity index (χ0) is 20.5. The van der Waals surface area contributed by atoms with Crippen LogP contribution in [0.3, 0.4) is 0 Å². The summed E-state index contributed by atoms with van der Waals surface area (Å²) in [5.41, 5.74) is 1.14. The van der Waals surface area contributed by atoms with Gasteiger partial charge < -0.3 is 24.1 Å². The van der Waals surface area contributed by atoms with Crippen molar-refractivity contribution in [3.63, 3.8) is 0 Å². The number of hydrogen-bond donors (Lipinski definition) is 1. The molecule has 0 amide bonds. The van der Waals surface area contributed by atoms with E-state index in [4.69, 9.17) is 18.9 Å². The van der Waals surface area contributed by atoms with Crippen LogP contribution < -0.4 is 0 Å². The van der Waals surface area contributed by atoms with Crippen LogP contribution in [0.2, 0.25) is 0 Å². The van der Waals surface area contributed by atoms with Crippen molar-refractivity contribution in [2.75, 3.05) is 26.4 Å². The smallest absolute Gasteiger partial charge is 0.302 e. The molecule has 3 rings (SSSR count). The minimum atomic E-state index is -0.434. The highest BCUT2D eigenvalue weighted by Gasteiger charge is 2.43. The van der Waals surface area contributed by atoms with E-state index in [1.165, 1.54) is 6.92 Å². The lowest BCUT2D eigenvalue weighted by Crippen LogP contribution is -2.31. The summed E-state index contributed by atoms with van der Waals surface area (Å²) in [4.78, 5) is 11.3. The summed E-state index contributed by atoms with van der Waals surface area (Å²) < 4.78 is 22.8. The van der Waals surface area contributed by atoms with Crippen LogP contribution in [0.5, 0.6) is 0 Å². The maximum Gasteiger partial charge on any atom is 0.302 e. The van der Waals surface area contributed by atoms with Crippen LogP contribution in [0.1, 0.15) is 44.6 Å². The Bertz CT molecular complexity index is 601. The number of hydrogen-bond acceptors (Lipinski definition) is 6. The van der Waals surface area contributed by atoms with Crippen molar-refractivity contribution in [2.45, 2.75) is 58.0 Å². The van der Waals surface area contributed by atoms with E-state index in [0.29, 0.717) is 32.8 Å². The first-order valence-corrected chi connectivity index (χ1v) is 10.8. The topological polar surface area (TPSA) is 74.2 Å². The van der Waals surface area contributed by atoms with Gasteiger partial charge >= 0.3 is 5.97 Å². The molecule has 2 unspecified atom stereocenters. The van der Waals surface area contributed by atoms with E-state index in [9.17, 15) is 9.90 Å². The number of aliphatic hydroxyl groups is 1. The molecule has 1 saturated heterocycles. The SMILES string of the molecule is CC(=O)OC[C@H]1CC(O)[C@@H](CCOCc2ccccc2)[C@@H]1COC1CCCCO1. The van der Waals surface area contributed by atoms with Crippen LogP contribution in [-0.4, -0.2) is 49.9 Å². The largest absolute Gasteiger partial charge is 0.466 e. The molecule has 1 aliphatic heterocycles. The number of benzene rings is 1. The normalized spacial score (nSPS) is 29.7. The van der Waals surface area contributed by atoms with E-state index in [1.54, 1.807) is 0 Å². The molecule has 2 aliphatic rings. The quantitative estimate of drug-likeness (QED) is 0.475. The van der Waals surface area contributed by atoms with Crippen molar-refractivity contribution >= 4 is 5.97 Å². The first kappa shape index (κ1) is 22.2. The molecule has 1 saturated carbocycles. The summed E-state index contributed by atoms with van der Waals surface area (Å²) in [6.45, 7) is 4.14. The highest BCUT2D eigenvalue weighted by molar-refractivity contribution is 5.65. The number of carbonyl (C=O) groups is 1. The lowest BCUT2D eigenvalue weighted by atomic mass is 9.88. The van der Waals surface area contributed by atoms with Crippen LogP contribution in [0, 0.1) is 17.8 Å². The van der Waals surface area contributed by atoms with Crippen LogP contribution in [0.15, 0.2) is 30.3 Å². The zero-order valence-electron chi connectivity index (χ0n) is 17.3. The van der Waals surface area contributed by atoms with Crippen molar-refractivity contribution in [2.24, 2.45) is 17.8 Å². The van der Waals surface area contributed by atoms with Crippen LogP contribution in [0.4, 0.5) is 0 Å². The third-order valence-corrected chi connectivity index (χ3v) is 6.01. The van der Waals surface area contributed by atoms with E-state index >= 15 is 0 Å². The predicted molar refractivity (Wildman–Crippen MR) is 108 cm³/mol. The zero-order valence-corrected chi connectivity index (χ0v) is 17.3. The van der Waals surface area contributed by atoms with Crippen LogP contribution in [-0.2, 0) is 30.3 Å². The number of ether oxygens (including phenoxy) is 4. The first-order chi connectivity index (χ1) is 14.1. The van der Waals surface area contributed by atoms with Gasteiger partial charge in [0.05, 0.1) is 25.9 Å². The molecule has 1 aliphatic carbocycles. The van der Waals surface area contributed by atoms with Gasteiger partial charge in [-0.1, -0.05) is 30.3 Å². The summed E-state index contributed by atoms with van der Waals surface area (Å²) in [5, 5.41) is 10.7. The van der Waals surface area contributed by atoms with Crippen LogP contribution in [0.25, 0.3) is 0 Å².